The first-order valence-electron chi connectivity index (χ1n) is 6.71. The van der Waals surface area contributed by atoms with Crippen molar-refractivity contribution in [3.63, 3.8) is 0 Å². The normalized spacial score (nSPS) is 14.9. The Labute approximate surface area is 118 Å². The van der Waals surface area contributed by atoms with Crippen LogP contribution in [-0.2, 0) is 14.3 Å². The zero-order valence-electron chi connectivity index (χ0n) is 11.6. The van der Waals surface area contributed by atoms with E-state index in [1.807, 2.05) is 12.1 Å². The molecule has 2 N–H and O–H groups in total. The summed E-state index contributed by atoms with van der Waals surface area (Å²) in [5.74, 6) is 0.211. The molecule has 1 fully saturated rings. The summed E-state index contributed by atoms with van der Waals surface area (Å²) in [5, 5.41) is 0. The van der Waals surface area contributed by atoms with Crippen molar-refractivity contribution in [2.45, 2.75) is 6.92 Å². The van der Waals surface area contributed by atoms with E-state index in [0.29, 0.717) is 31.3 Å². The molecule has 1 heterocycles. The van der Waals surface area contributed by atoms with Crippen LogP contribution >= 0.6 is 0 Å². The van der Waals surface area contributed by atoms with Gasteiger partial charge in [0.2, 0.25) is 0 Å². The first kappa shape index (κ1) is 14.5. The Morgan fingerprint density at radius 2 is 2.15 bits per heavy atom. The molecule has 0 spiro atoms. The number of nitrogens with two attached hydrogens (primary N) is 1. The predicted molar refractivity (Wildman–Crippen MR) is 76.0 cm³/mol. The molecule has 0 atom stereocenters. The standard InChI is InChI=1S/C14H20N2O4/c1-2-19-14(17)10-20-13-9-11(15)3-4-12(13)16-5-7-18-8-6-16/h3-4,9H,2,5-8,10,15H2,1H3. The molecular weight excluding hydrogens is 260 g/mol. The summed E-state index contributed by atoms with van der Waals surface area (Å²) in [7, 11) is 0. The molecule has 0 aromatic heterocycles. The van der Waals surface area contributed by atoms with Gasteiger partial charge >= 0.3 is 5.97 Å². The van der Waals surface area contributed by atoms with E-state index >= 15 is 0 Å². The van der Waals surface area contributed by atoms with Gasteiger partial charge in [0.15, 0.2) is 6.61 Å². The lowest BCUT2D eigenvalue weighted by Gasteiger charge is -2.30. The number of nitrogens with zero attached hydrogens (tertiary/aromatic N) is 1. The molecule has 1 aliphatic rings. The number of esters is 1. The molecule has 0 aliphatic carbocycles. The molecule has 20 heavy (non-hydrogen) atoms. The average molecular weight is 280 g/mol. The second-order valence-corrected chi connectivity index (χ2v) is 4.42. The third kappa shape index (κ3) is 3.77. The second kappa shape index (κ2) is 7.00. The maximum Gasteiger partial charge on any atom is 0.344 e. The van der Waals surface area contributed by atoms with Crippen LogP contribution < -0.4 is 15.4 Å². The van der Waals surface area contributed by atoms with Gasteiger partial charge < -0.3 is 24.8 Å². The molecule has 1 aromatic carbocycles. The summed E-state index contributed by atoms with van der Waals surface area (Å²) < 4.78 is 15.7. The van der Waals surface area contributed by atoms with Crippen molar-refractivity contribution >= 4 is 17.3 Å². The van der Waals surface area contributed by atoms with Crippen molar-refractivity contribution in [3.05, 3.63) is 18.2 Å². The molecule has 0 unspecified atom stereocenters. The number of hydrogen-bond donors (Lipinski definition) is 1. The second-order valence-electron chi connectivity index (χ2n) is 4.42. The number of carbonyl (C=O) groups is 1. The smallest absolute Gasteiger partial charge is 0.344 e. The first-order chi connectivity index (χ1) is 9.70. The van der Waals surface area contributed by atoms with E-state index in [-0.39, 0.29) is 12.6 Å². The topological polar surface area (TPSA) is 74.0 Å². The number of nitrogen functional groups attached to an aromatic ring is 1. The molecule has 0 amide bonds. The summed E-state index contributed by atoms with van der Waals surface area (Å²) >= 11 is 0. The number of ether oxygens (including phenoxy) is 3. The molecule has 0 saturated carbocycles. The number of benzene rings is 1. The third-order valence-corrected chi connectivity index (χ3v) is 2.99. The average Bonchev–Trinajstić information content (AvgIpc) is 2.46. The van der Waals surface area contributed by atoms with Crippen LogP contribution in [-0.4, -0.2) is 45.5 Å². The molecule has 1 aromatic rings. The van der Waals surface area contributed by atoms with Gasteiger partial charge in [-0.25, -0.2) is 4.79 Å². The molecule has 1 aliphatic heterocycles. The minimum Gasteiger partial charge on any atom is -0.480 e. The van der Waals surface area contributed by atoms with Gasteiger partial charge in [-0.15, -0.1) is 0 Å². The summed E-state index contributed by atoms with van der Waals surface area (Å²) in [6.07, 6.45) is 0. The van der Waals surface area contributed by atoms with Gasteiger partial charge in [-0.1, -0.05) is 0 Å². The Morgan fingerprint density at radius 1 is 1.40 bits per heavy atom. The third-order valence-electron chi connectivity index (χ3n) is 2.99. The molecule has 6 nitrogen and oxygen atoms in total. The van der Waals surface area contributed by atoms with E-state index in [4.69, 9.17) is 19.9 Å². The molecule has 6 heteroatoms. The zero-order valence-corrected chi connectivity index (χ0v) is 11.6. The lowest BCUT2D eigenvalue weighted by molar-refractivity contribution is -0.145. The Hall–Kier alpha value is -1.95. The highest BCUT2D eigenvalue weighted by Gasteiger charge is 2.16. The van der Waals surface area contributed by atoms with Gasteiger partial charge in [0.05, 0.1) is 25.5 Å². The maximum absolute atomic E-state index is 11.4. The molecule has 0 bridgehead atoms. The van der Waals surface area contributed by atoms with E-state index in [1.54, 1.807) is 13.0 Å². The van der Waals surface area contributed by atoms with Crippen LogP contribution in [0.15, 0.2) is 18.2 Å². The number of anilines is 2. The summed E-state index contributed by atoms with van der Waals surface area (Å²) in [6.45, 7) is 4.93. The SMILES string of the molecule is CCOC(=O)COc1cc(N)ccc1N1CCOCC1. The summed E-state index contributed by atoms with van der Waals surface area (Å²) in [4.78, 5) is 13.5. The number of rotatable bonds is 5. The van der Waals surface area contributed by atoms with Gasteiger partial charge in [0.25, 0.3) is 0 Å². The lowest BCUT2D eigenvalue weighted by Crippen LogP contribution is -2.36. The van der Waals surface area contributed by atoms with E-state index in [0.717, 1.165) is 18.8 Å². The van der Waals surface area contributed by atoms with Crippen molar-refractivity contribution in [1.82, 2.24) is 0 Å². The number of morpholine rings is 1. The number of carbonyl (C=O) groups excluding carboxylic acids is 1. The molecule has 110 valence electrons. The first-order valence-corrected chi connectivity index (χ1v) is 6.71. The fraction of sp³-hybridized carbons (Fsp3) is 0.500. The van der Waals surface area contributed by atoms with Crippen molar-refractivity contribution in [2.75, 3.05) is 50.2 Å². The van der Waals surface area contributed by atoms with Crippen molar-refractivity contribution < 1.29 is 19.0 Å². The minimum atomic E-state index is -0.386. The highest BCUT2D eigenvalue weighted by molar-refractivity contribution is 5.72. The van der Waals surface area contributed by atoms with Gasteiger partial charge in [-0.05, 0) is 19.1 Å². The van der Waals surface area contributed by atoms with Gasteiger partial charge in [0, 0.05) is 24.8 Å². The van der Waals surface area contributed by atoms with Gasteiger partial charge in [-0.3, -0.25) is 0 Å². The quantitative estimate of drug-likeness (QED) is 0.642. The van der Waals surface area contributed by atoms with Crippen LogP contribution in [0.4, 0.5) is 11.4 Å². The fourth-order valence-corrected chi connectivity index (χ4v) is 2.05. The van der Waals surface area contributed by atoms with E-state index in [9.17, 15) is 4.79 Å². The van der Waals surface area contributed by atoms with Crippen LogP contribution in [0.2, 0.25) is 0 Å². The highest BCUT2D eigenvalue weighted by Crippen LogP contribution is 2.31. The Kier molecular flexibility index (Phi) is 5.06. The van der Waals surface area contributed by atoms with Crippen LogP contribution in [0, 0.1) is 0 Å². The molecular formula is C14H20N2O4. The Morgan fingerprint density at radius 3 is 2.85 bits per heavy atom. The predicted octanol–water partition coefficient (Wildman–Crippen LogP) is 1.05. The largest absolute Gasteiger partial charge is 0.480 e. The van der Waals surface area contributed by atoms with Crippen LogP contribution in [0.1, 0.15) is 6.92 Å². The van der Waals surface area contributed by atoms with E-state index < -0.39 is 0 Å². The molecule has 2 rings (SSSR count). The van der Waals surface area contributed by atoms with Crippen molar-refractivity contribution in [3.8, 4) is 5.75 Å². The fourth-order valence-electron chi connectivity index (χ4n) is 2.05. The molecule has 1 saturated heterocycles. The maximum atomic E-state index is 11.4. The van der Waals surface area contributed by atoms with E-state index in [2.05, 4.69) is 4.90 Å². The van der Waals surface area contributed by atoms with Crippen molar-refractivity contribution in [1.29, 1.82) is 0 Å². The lowest BCUT2D eigenvalue weighted by atomic mass is 10.2. The Balaban J connectivity index is 2.08. The molecule has 0 radical (unpaired) electrons. The van der Waals surface area contributed by atoms with Gasteiger partial charge in [-0.2, -0.15) is 0 Å². The van der Waals surface area contributed by atoms with E-state index in [1.165, 1.54) is 0 Å². The van der Waals surface area contributed by atoms with Crippen LogP contribution in [0.3, 0.4) is 0 Å². The minimum absolute atomic E-state index is 0.116. The summed E-state index contributed by atoms with van der Waals surface area (Å²) in [5.41, 5.74) is 7.30. The zero-order chi connectivity index (χ0) is 14.4. The van der Waals surface area contributed by atoms with Crippen molar-refractivity contribution in [2.24, 2.45) is 0 Å². The van der Waals surface area contributed by atoms with Crippen LogP contribution in [0.25, 0.3) is 0 Å². The summed E-state index contributed by atoms with van der Waals surface area (Å²) in [6, 6.07) is 5.45. The Bertz CT molecular complexity index is 458. The highest BCUT2D eigenvalue weighted by atomic mass is 16.6. The van der Waals surface area contributed by atoms with Gasteiger partial charge in [0.1, 0.15) is 5.75 Å². The number of hydrogen-bond acceptors (Lipinski definition) is 6. The monoisotopic (exact) mass is 280 g/mol. The van der Waals surface area contributed by atoms with Crippen LogP contribution in [0.5, 0.6) is 5.75 Å².